The van der Waals surface area contributed by atoms with Gasteiger partial charge in [0.1, 0.15) is 11.2 Å². The van der Waals surface area contributed by atoms with Gasteiger partial charge in [-0.05, 0) is 66.8 Å². The molecule has 5 N–H and O–H groups in total. The second-order valence-electron chi connectivity index (χ2n) is 13.1. The first-order valence-corrected chi connectivity index (χ1v) is 15.2. The Morgan fingerprint density at radius 2 is 1.88 bits per heavy atom. The Kier molecular flexibility index (Phi) is 7.39. The van der Waals surface area contributed by atoms with Crippen LogP contribution in [0.4, 0.5) is 10.1 Å². The summed E-state index contributed by atoms with van der Waals surface area (Å²) in [5.41, 5.74) is -0.755. The molecule has 42 heavy (non-hydrogen) atoms. The highest BCUT2D eigenvalue weighted by Crippen LogP contribution is 2.64. The molecule has 226 valence electrons. The molecule has 0 unspecified atom stereocenters. The fraction of sp³-hybridized carbons (Fsp3) is 0.548. The first-order chi connectivity index (χ1) is 19.8. The summed E-state index contributed by atoms with van der Waals surface area (Å²) >= 11 is 12.7. The average molecular weight is 621 g/mol. The first-order valence-electron chi connectivity index (χ1n) is 14.5. The summed E-state index contributed by atoms with van der Waals surface area (Å²) in [6.07, 6.45) is 3.29. The summed E-state index contributed by atoms with van der Waals surface area (Å²) in [4.78, 5) is 28.7. The number of amides is 2. The minimum atomic E-state index is -1.64. The SMILES string of the molecule is CC1(C)CCC2(CC1)N[C@@H](C(=O)N[C@@H]1CC[C@](O)(CO)OC1)[C@H](c1cccc(Cl)c1F)[C@]21C(=O)Nc2cc(Cl)ccc21. The smallest absolute Gasteiger partial charge is 0.238 e. The molecule has 4 aliphatic rings. The van der Waals surface area contributed by atoms with Crippen LogP contribution in [0.3, 0.4) is 0 Å². The summed E-state index contributed by atoms with van der Waals surface area (Å²) in [5, 5.41) is 29.8. The molecule has 2 aromatic carbocycles. The second kappa shape index (κ2) is 10.4. The van der Waals surface area contributed by atoms with Crippen molar-refractivity contribution in [3.63, 3.8) is 0 Å². The van der Waals surface area contributed by atoms with Gasteiger partial charge in [-0.3, -0.25) is 14.9 Å². The molecule has 3 heterocycles. The number of halogens is 3. The van der Waals surface area contributed by atoms with Gasteiger partial charge in [0.15, 0.2) is 5.79 Å². The van der Waals surface area contributed by atoms with Crippen molar-refractivity contribution in [2.45, 2.75) is 87.1 Å². The number of hydrogen-bond acceptors (Lipinski definition) is 6. The molecule has 11 heteroatoms. The second-order valence-corrected chi connectivity index (χ2v) is 13.9. The van der Waals surface area contributed by atoms with E-state index in [0.29, 0.717) is 35.5 Å². The van der Waals surface area contributed by atoms with Crippen molar-refractivity contribution in [1.29, 1.82) is 0 Å². The summed E-state index contributed by atoms with van der Waals surface area (Å²) in [6, 6.07) is 8.50. The number of carbonyl (C=O) groups excluding carboxylic acids is 2. The maximum absolute atomic E-state index is 16.0. The van der Waals surface area contributed by atoms with Gasteiger partial charge in [0, 0.05) is 28.6 Å². The van der Waals surface area contributed by atoms with E-state index < -0.39 is 53.1 Å². The molecule has 2 aromatic rings. The lowest BCUT2D eigenvalue weighted by Crippen LogP contribution is -2.61. The van der Waals surface area contributed by atoms with Crippen LogP contribution in [0.1, 0.15) is 69.4 Å². The molecule has 2 saturated heterocycles. The van der Waals surface area contributed by atoms with E-state index in [1.807, 2.05) is 6.07 Å². The third kappa shape index (κ3) is 4.55. The molecule has 2 amide bonds. The van der Waals surface area contributed by atoms with Crippen LogP contribution in [0.25, 0.3) is 0 Å². The number of hydrogen-bond donors (Lipinski definition) is 5. The number of anilines is 1. The third-order valence-corrected chi connectivity index (χ3v) is 10.6. The van der Waals surface area contributed by atoms with Crippen LogP contribution in [-0.2, 0) is 19.7 Å². The Bertz CT molecular complexity index is 1420. The Hall–Kier alpha value is -2.27. The van der Waals surface area contributed by atoms with Gasteiger partial charge in [0.05, 0.1) is 30.3 Å². The maximum atomic E-state index is 16.0. The molecule has 3 fully saturated rings. The highest BCUT2D eigenvalue weighted by Gasteiger charge is 2.73. The van der Waals surface area contributed by atoms with Gasteiger partial charge in [-0.2, -0.15) is 0 Å². The van der Waals surface area contributed by atoms with Crippen molar-refractivity contribution >= 4 is 40.7 Å². The van der Waals surface area contributed by atoms with Crippen LogP contribution in [-0.4, -0.2) is 58.7 Å². The van der Waals surface area contributed by atoms with E-state index in [1.54, 1.807) is 24.3 Å². The summed E-state index contributed by atoms with van der Waals surface area (Å²) < 4.78 is 21.5. The van der Waals surface area contributed by atoms with Gasteiger partial charge in [-0.15, -0.1) is 0 Å². The highest BCUT2D eigenvalue weighted by atomic mass is 35.5. The lowest BCUT2D eigenvalue weighted by Gasteiger charge is -2.50. The van der Waals surface area contributed by atoms with E-state index in [1.165, 1.54) is 6.07 Å². The standard InChI is InChI=1S/C31H36Cl2FN3O5/c1-28(2)10-12-29(13-11-28)31(20-7-6-17(32)14-22(20)36-27(31)40)23(19-4-3-5-21(33)24(19)34)25(37-29)26(39)35-18-8-9-30(41,16-38)42-15-18/h3-7,14,18,23,25,37-38,41H,8-13,15-16H2,1-2H3,(H,35,39)(H,36,40)/t18-,23+,25-,30-,31-/m1/s1. The minimum Gasteiger partial charge on any atom is -0.391 e. The van der Waals surface area contributed by atoms with Crippen molar-refractivity contribution < 1.29 is 28.9 Å². The van der Waals surface area contributed by atoms with Crippen LogP contribution >= 0.6 is 23.2 Å². The van der Waals surface area contributed by atoms with Crippen LogP contribution in [0, 0.1) is 11.2 Å². The molecule has 0 aromatic heterocycles. The largest absolute Gasteiger partial charge is 0.391 e. The normalized spacial score (nSPS) is 33.0. The van der Waals surface area contributed by atoms with Crippen molar-refractivity contribution in [3.05, 3.63) is 63.4 Å². The number of benzene rings is 2. The topological polar surface area (TPSA) is 120 Å². The quantitative estimate of drug-likeness (QED) is 0.346. The van der Waals surface area contributed by atoms with Gasteiger partial charge >= 0.3 is 0 Å². The zero-order chi connectivity index (χ0) is 30.1. The third-order valence-electron chi connectivity index (χ3n) is 10.1. The Labute approximate surface area is 254 Å². The van der Waals surface area contributed by atoms with Crippen LogP contribution in [0.2, 0.25) is 10.0 Å². The van der Waals surface area contributed by atoms with Crippen molar-refractivity contribution in [1.82, 2.24) is 10.6 Å². The molecule has 1 aliphatic carbocycles. The predicted molar refractivity (Wildman–Crippen MR) is 157 cm³/mol. The van der Waals surface area contributed by atoms with E-state index in [9.17, 15) is 19.8 Å². The first kappa shape index (κ1) is 29.8. The number of aliphatic hydroxyl groups excluding tert-OH is 1. The maximum Gasteiger partial charge on any atom is 0.238 e. The van der Waals surface area contributed by atoms with E-state index in [2.05, 4.69) is 29.8 Å². The lowest BCUT2D eigenvalue weighted by atomic mass is 9.53. The lowest BCUT2D eigenvalue weighted by molar-refractivity contribution is -0.247. The molecule has 0 radical (unpaired) electrons. The summed E-state index contributed by atoms with van der Waals surface area (Å²) in [5.74, 6) is -3.96. The van der Waals surface area contributed by atoms with Gasteiger partial charge in [-0.25, -0.2) is 4.39 Å². The number of aliphatic hydroxyl groups is 2. The van der Waals surface area contributed by atoms with Crippen molar-refractivity contribution in [2.24, 2.45) is 5.41 Å². The molecular formula is C31H36Cl2FN3O5. The molecule has 1 saturated carbocycles. The van der Waals surface area contributed by atoms with Gasteiger partial charge in [0.2, 0.25) is 11.8 Å². The van der Waals surface area contributed by atoms with Gasteiger partial charge < -0.3 is 25.6 Å². The van der Waals surface area contributed by atoms with E-state index in [4.69, 9.17) is 27.9 Å². The summed E-state index contributed by atoms with van der Waals surface area (Å²) in [6.45, 7) is 3.84. The van der Waals surface area contributed by atoms with Gasteiger partial charge in [0.25, 0.3) is 0 Å². The number of ether oxygens (including phenoxy) is 1. The molecule has 3 aliphatic heterocycles. The van der Waals surface area contributed by atoms with Crippen LogP contribution < -0.4 is 16.0 Å². The van der Waals surface area contributed by atoms with E-state index in [0.717, 1.165) is 12.8 Å². The minimum absolute atomic E-state index is 0.00198. The Balaban J connectivity index is 1.50. The molecule has 6 rings (SSSR count). The highest BCUT2D eigenvalue weighted by molar-refractivity contribution is 6.31. The Morgan fingerprint density at radius 3 is 2.55 bits per heavy atom. The average Bonchev–Trinajstić information content (AvgIpc) is 3.41. The number of nitrogens with one attached hydrogen (secondary N) is 3. The Morgan fingerprint density at radius 1 is 1.14 bits per heavy atom. The number of rotatable bonds is 4. The van der Waals surface area contributed by atoms with Crippen molar-refractivity contribution in [2.75, 3.05) is 18.5 Å². The zero-order valence-electron chi connectivity index (χ0n) is 23.6. The van der Waals surface area contributed by atoms with Crippen molar-refractivity contribution in [3.8, 4) is 0 Å². The fourth-order valence-corrected chi connectivity index (χ4v) is 8.11. The van der Waals surface area contributed by atoms with Crippen LogP contribution in [0.5, 0.6) is 0 Å². The molecular weight excluding hydrogens is 584 g/mol. The predicted octanol–water partition coefficient (Wildman–Crippen LogP) is 4.39. The number of carbonyl (C=O) groups is 2. The van der Waals surface area contributed by atoms with E-state index >= 15 is 4.39 Å². The molecule has 0 bridgehead atoms. The van der Waals surface area contributed by atoms with E-state index in [-0.39, 0.29) is 34.9 Å². The fourth-order valence-electron chi connectivity index (χ4n) is 7.76. The zero-order valence-corrected chi connectivity index (χ0v) is 25.1. The molecule has 5 atom stereocenters. The summed E-state index contributed by atoms with van der Waals surface area (Å²) in [7, 11) is 0. The monoisotopic (exact) mass is 619 g/mol. The molecule has 8 nitrogen and oxygen atoms in total. The molecule has 2 spiro atoms. The van der Waals surface area contributed by atoms with Crippen LogP contribution in [0.15, 0.2) is 36.4 Å². The van der Waals surface area contributed by atoms with Gasteiger partial charge in [-0.1, -0.05) is 55.2 Å². The number of fused-ring (bicyclic) bond motifs is 3.